The lowest BCUT2D eigenvalue weighted by molar-refractivity contribution is 0.0347. The van der Waals surface area contributed by atoms with Gasteiger partial charge in [-0.1, -0.05) is 26.2 Å². The molecule has 1 aromatic heterocycles. The Morgan fingerprint density at radius 3 is 2.57 bits per heavy atom. The number of rotatable bonds is 7. The first-order chi connectivity index (χ1) is 10.2. The monoisotopic (exact) mass is 293 g/mol. The third-order valence-corrected chi connectivity index (χ3v) is 3.95. The van der Waals surface area contributed by atoms with Crippen LogP contribution in [0.15, 0.2) is 0 Å². The largest absolute Gasteiger partial charge is 0.376 e. The van der Waals surface area contributed by atoms with Gasteiger partial charge in [0.1, 0.15) is 17.5 Å². The number of nitrogen functional groups attached to an aromatic ring is 1. The Balaban J connectivity index is 1.84. The highest BCUT2D eigenvalue weighted by atomic mass is 16.5. The molecule has 0 saturated heterocycles. The number of ether oxygens (including phenoxy) is 1. The second-order valence-corrected chi connectivity index (χ2v) is 5.52. The van der Waals surface area contributed by atoms with E-state index in [1.54, 1.807) is 0 Å². The van der Waals surface area contributed by atoms with E-state index in [1.807, 2.05) is 13.8 Å². The lowest BCUT2D eigenvalue weighted by atomic mass is 9.98. The van der Waals surface area contributed by atoms with Crippen molar-refractivity contribution in [3.05, 3.63) is 11.4 Å². The number of hydrogen-bond acceptors (Lipinski definition) is 6. The summed E-state index contributed by atoms with van der Waals surface area (Å²) in [5.41, 5.74) is 3.57. The van der Waals surface area contributed by atoms with Crippen LogP contribution in [0.5, 0.6) is 0 Å². The van der Waals surface area contributed by atoms with E-state index in [2.05, 4.69) is 20.7 Å². The zero-order valence-electron chi connectivity index (χ0n) is 13.1. The van der Waals surface area contributed by atoms with Crippen molar-refractivity contribution in [2.45, 2.75) is 58.5 Å². The van der Waals surface area contributed by atoms with Crippen molar-refractivity contribution in [3.8, 4) is 0 Å². The van der Waals surface area contributed by atoms with Gasteiger partial charge < -0.3 is 15.5 Å². The fourth-order valence-corrected chi connectivity index (χ4v) is 2.66. The Hall–Kier alpha value is -1.40. The number of anilines is 2. The summed E-state index contributed by atoms with van der Waals surface area (Å²) < 4.78 is 5.91. The van der Waals surface area contributed by atoms with Crippen molar-refractivity contribution in [1.82, 2.24) is 9.97 Å². The summed E-state index contributed by atoms with van der Waals surface area (Å²) in [6.07, 6.45) is 7.58. The third kappa shape index (κ3) is 4.54. The molecule has 1 fully saturated rings. The molecule has 6 heteroatoms. The normalized spacial score (nSPS) is 16.0. The van der Waals surface area contributed by atoms with Crippen LogP contribution in [0, 0.1) is 6.92 Å². The Labute approximate surface area is 126 Å². The molecule has 0 amide bonds. The molecule has 1 aromatic rings. The van der Waals surface area contributed by atoms with Crippen LogP contribution < -0.4 is 16.6 Å². The molecule has 1 saturated carbocycles. The Morgan fingerprint density at radius 2 is 1.90 bits per heavy atom. The maximum atomic E-state index is 5.91. The fraction of sp³-hybridized carbons (Fsp3) is 0.733. The number of nitrogens with zero attached hydrogens (tertiary/aromatic N) is 2. The number of hydrazine groups is 1. The molecule has 1 aliphatic rings. The van der Waals surface area contributed by atoms with Gasteiger partial charge in [0.2, 0.25) is 0 Å². The zero-order valence-corrected chi connectivity index (χ0v) is 13.1. The van der Waals surface area contributed by atoms with E-state index in [4.69, 9.17) is 10.6 Å². The molecule has 1 aliphatic carbocycles. The standard InChI is InChI=1S/C15H27N5O/c1-3-13-18-14(11(2)15(19-13)20-16)17-9-10-21-12-7-5-4-6-8-12/h12H,3-10,16H2,1-2H3,(H2,17,18,19,20). The van der Waals surface area contributed by atoms with Crippen molar-refractivity contribution in [3.63, 3.8) is 0 Å². The molecule has 0 atom stereocenters. The summed E-state index contributed by atoms with van der Waals surface area (Å²) in [5.74, 6) is 7.80. The average Bonchev–Trinajstić information content (AvgIpc) is 2.54. The number of aryl methyl sites for hydroxylation is 1. The molecule has 0 bridgehead atoms. The lowest BCUT2D eigenvalue weighted by Gasteiger charge is -2.22. The first-order valence-corrected chi connectivity index (χ1v) is 7.94. The van der Waals surface area contributed by atoms with Crippen LogP contribution in [-0.2, 0) is 11.2 Å². The first-order valence-electron chi connectivity index (χ1n) is 7.94. The van der Waals surface area contributed by atoms with Crippen LogP contribution in [-0.4, -0.2) is 29.2 Å². The first kappa shape index (κ1) is 16.0. The van der Waals surface area contributed by atoms with Crippen molar-refractivity contribution in [1.29, 1.82) is 0 Å². The lowest BCUT2D eigenvalue weighted by Crippen LogP contribution is -2.21. The zero-order chi connectivity index (χ0) is 15.1. The van der Waals surface area contributed by atoms with Gasteiger partial charge in [-0.3, -0.25) is 0 Å². The molecule has 2 rings (SSSR count). The molecular weight excluding hydrogens is 266 g/mol. The molecule has 0 aliphatic heterocycles. The molecular formula is C15H27N5O. The van der Waals surface area contributed by atoms with E-state index in [9.17, 15) is 0 Å². The number of nitrogens with one attached hydrogen (secondary N) is 2. The fourth-order valence-electron chi connectivity index (χ4n) is 2.66. The van der Waals surface area contributed by atoms with Crippen LogP contribution in [0.3, 0.4) is 0 Å². The summed E-state index contributed by atoms with van der Waals surface area (Å²) in [7, 11) is 0. The molecule has 21 heavy (non-hydrogen) atoms. The maximum absolute atomic E-state index is 5.91. The van der Waals surface area contributed by atoms with Gasteiger partial charge in [-0.2, -0.15) is 0 Å². The van der Waals surface area contributed by atoms with E-state index < -0.39 is 0 Å². The second-order valence-electron chi connectivity index (χ2n) is 5.52. The number of hydrogen-bond donors (Lipinski definition) is 3. The smallest absolute Gasteiger partial charge is 0.148 e. The van der Waals surface area contributed by atoms with E-state index in [-0.39, 0.29) is 0 Å². The molecule has 6 nitrogen and oxygen atoms in total. The van der Waals surface area contributed by atoms with Gasteiger partial charge in [0.25, 0.3) is 0 Å². The van der Waals surface area contributed by atoms with E-state index in [1.165, 1.54) is 32.1 Å². The van der Waals surface area contributed by atoms with E-state index in [0.29, 0.717) is 18.5 Å². The molecule has 118 valence electrons. The summed E-state index contributed by atoms with van der Waals surface area (Å²) in [5, 5.41) is 3.33. The third-order valence-electron chi connectivity index (χ3n) is 3.95. The quantitative estimate of drug-likeness (QED) is 0.406. The Kier molecular flexibility index (Phi) is 6.20. The Morgan fingerprint density at radius 1 is 1.19 bits per heavy atom. The van der Waals surface area contributed by atoms with E-state index >= 15 is 0 Å². The van der Waals surface area contributed by atoms with Crippen molar-refractivity contribution in [2.24, 2.45) is 5.84 Å². The van der Waals surface area contributed by atoms with Gasteiger partial charge >= 0.3 is 0 Å². The van der Waals surface area contributed by atoms with Crippen LogP contribution in [0.1, 0.15) is 50.4 Å². The van der Waals surface area contributed by atoms with Crippen LogP contribution in [0.25, 0.3) is 0 Å². The molecule has 4 N–H and O–H groups in total. The van der Waals surface area contributed by atoms with Crippen molar-refractivity contribution >= 4 is 11.6 Å². The molecule has 0 unspecified atom stereocenters. The number of nitrogens with two attached hydrogens (primary N) is 1. The van der Waals surface area contributed by atoms with Gasteiger partial charge in [-0.15, -0.1) is 0 Å². The van der Waals surface area contributed by atoms with Crippen molar-refractivity contribution in [2.75, 3.05) is 23.9 Å². The minimum atomic E-state index is 0.444. The molecule has 0 aromatic carbocycles. The van der Waals surface area contributed by atoms with Crippen LogP contribution >= 0.6 is 0 Å². The maximum Gasteiger partial charge on any atom is 0.148 e. The minimum absolute atomic E-state index is 0.444. The highest BCUT2D eigenvalue weighted by Crippen LogP contribution is 2.21. The van der Waals surface area contributed by atoms with Gasteiger partial charge in [-0.25, -0.2) is 15.8 Å². The molecule has 1 heterocycles. The van der Waals surface area contributed by atoms with Gasteiger partial charge in [-0.05, 0) is 19.8 Å². The highest BCUT2D eigenvalue weighted by molar-refractivity contribution is 5.56. The topological polar surface area (TPSA) is 85.1 Å². The van der Waals surface area contributed by atoms with Crippen LogP contribution in [0.2, 0.25) is 0 Å². The summed E-state index contributed by atoms with van der Waals surface area (Å²) in [6, 6.07) is 0. The summed E-state index contributed by atoms with van der Waals surface area (Å²) in [6.45, 7) is 5.45. The minimum Gasteiger partial charge on any atom is -0.376 e. The second kappa shape index (κ2) is 8.14. The summed E-state index contributed by atoms with van der Waals surface area (Å²) in [4.78, 5) is 8.86. The van der Waals surface area contributed by atoms with Gasteiger partial charge in [0.05, 0.1) is 12.7 Å². The average molecular weight is 293 g/mol. The molecule has 0 radical (unpaired) electrons. The van der Waals surface area contributed by atoms with Gasteiger partial charge in [0, 0.05) is 18.5 Å². The SMILES string of the molecule is CCc1nc(NN)c(C)c(NCCOC2CCCCC2)n1. The Bertz CT molecular complexity index is 446. The molecule has 0 spiro atoms. The number of aromatic nitrogens is 2. The highest BCUT2D eigenvalue weighted by Gasteiger charge is 2.13. The van der Waals surface area contributed by atoms with Gasteiger partial charge in [0.15, 0.2) is 0 Å². The predicted molar refractivity (Wildman–Crippen MR) is 85.3 cm³/mol. The van der Waals surface area contributed by atoms with Crippen LogP contribution in [0.4, 0.5) is 11.6 Å². The summed E-state index contributed by atoms with van der Waals surface area (Å²) >= 11 is 0. The van der Waals surface area contributed by atoms with Crippen molar-refractivity contribution < 1.29 is 4.74 Å². The predicted octanol–water partition coefficient (Wildman–Crippen LogP) is 2.39. The van der Waals surface area contributed by atoms with E-state index in [0.717, 1.165) is 30.2 Å².